The number of rotatable bonds is 5. The molecule has 20 heavy (non-hydrogen) atoms. The van der Waals surface area contributed by atoms with Crippen LogP contribution in [0.25, 0.3) is 0 Å². The lowest BCUT2D eigenvalue weighted by Crippen LogP contribution is -2.14. The molecule has 2 N–H and O–H groups in total. The second-order valence-electron chi connectivity index (χ2n) is 4.22. The Morgan fingerprint density at radius 2 is 2.05 bits per heavy atom. The van der Waals surface area contributed by atoms with E-state index in [-0.39, 0.29) is 15.5 Å². The molecule has 1 aromatic heterocycles. The van der Waals surface area contributed by atoms with Crippen LogP contribution in [0.4, 0.5) is 0 Å². The molecule has 5 nitrogen and oxygen atoms in total. The number of aryl methyl sites for hydroxylation is 2. The fraction of sp³-hybridized carbons (Fsp3) is 0.154. The lowest BCUT2D eigenvalue weighted by atomic mass is 10.0. The summed E-state index contributed by atoms with van der Waals surface area (Å²) in [6, 6.07) is 6.24. The minimum Gasteiger partial charge on any atom is -0.469 e. The average Bonchev–Trinajstić information content (AvgIpc) is 2.88. The van der Waals surface area contributed by atoms with Crippen LogP contribution in [0.2, 0.25) is 5.02 Å². The molecular weight excluding hydrogens is 302 g/mol. The second kappa shape index (κ2) is 5.78. The summed E-state index contributed by atoms with van der Waals surface area (Å²) in [5.74, 6) is 0.772. The molecule has 0 radical (unpaired) electrons. The van der Waals surface area contributed by atoms with Crippen molar-refractivity contribution >= 4 is 27.9 Å². The van der Waals surface area contributed by atoms with Gasteiger partial charge < -0.3 is 4.42 Å². The Kier molecular flexibility index (Phi) is 4.27. The van der Waals surface area contributed by atoms with Crippen LogP contribution < -0.4 is 5.14 Å². The van der Waals surface area contributed by atoms with E-state index >= 15 is 0 Å². The minimum absolute atomic E-state index is 0.00699. The van der Waals surface area contributed by atoms with Crippen molar-refractivity contribution < 1.29 is 17.6 Å². The first-order valence-corrected chi connectivity index (χ1v) is 7.67. The highest BCUT2D eigenvalue weighted by molar-refractivity contribution is 7.89. The number of furan rings is 1. The number of nitrogens with two attached hydrogens (primary N) is 1. The van der Waals surface area contributed by atoms with Crippen molar-refractivity contribution in [1.29, 1.82) is 0 Å². The summed E-state index contributed by atoms with van der Waals surface area (Å²) in [5.41, 5.74) is 0.902. The molecule has 0 saturated heterocycles. The van der Waals surface area contributed by atoms with Gasteiger partial charge in [0.1, 0.15) is 16.9 Å². The predicted octanol–water partition coefficient (Wildman–Crippen LogP) is 2.18. The third-order valence-electron chi connectivity index (χ3n) is 2.85. The lowest BCUT2D eigenvalue weighted by molar-refractivity contribution is 0.112. The Labute approximate surface area is 121 Å². The highest BCUT2D eigenvalue weighted by atomic mass is 35.5. The Balaban J connectivity index is 2.34. The number of halogens is 1. The fourth-order valence-corrected chi connectivity index (χ4v) is 3.00. The summed E-state index contributed by atoms with van der Waals surface area (Å²) in [7, 11) is -3.95. The van der Waals surface area contributed by atoms with E-state index in [9.17, 15) is 13.2 Å². The molecule has 0 amide bonds. The Morgan fingerprint density at radius 3 is 2.60 bits per heavy atom. The first-order valence-electron chi connectivity index (χ1n) is 5.74. The van der Waals surface area contributed by atoms with Gasteiger partial charge in [-0.25, -0.2) is 13.6 Å². The van der Waals surface area contributed by atoms with E-state index in [1.807, 2.05) is 6.07 Å². The van der Waals surface area contributed by atoms with E-state index in [1.165, 1.54) is 12.1 Å². The molecular formula is C13H12ClNO4S. The molecule has 106 valence electrons. The lowest BCUT2D eigenvalue weighted by Gasteiger charge is -2.08. The Morgan fingerprint density at radius 1 is 1.30 bits per heavy atom. The summed E-state index contributed by atoms with van der Waals surface area (Å²) in [4.78, 5) is 10.8. The molecule has 0 aliphatic heterocycles. The van der Waals surface area contributed by atoms with E-state index in [0.29, 0.717) is 24.7 Å². The monoisotopic (exact) mass is 313 g/mol. The van der Waals surface area contributed by atoms with Crippen molar-refractivity contribution in [3.63, 3.8) is 0 Å². The summed E-state index contributed by atoms with van der Waals surface area (Å²) in [6.45, 7) is 0. The zero-order valence-electron chi connectivity index (χ0n) is 10.4. The zero-order valence-corrected chi connectivity index (χ0v) is 11.9. The number of primary sulfonamides is 1. The largest absolute Gasteiger partial charge is 0.469 e. The molecule has 0 aliphatic carbocycles. The van der Waals surface area contributed by atoms with Gasteiger partial charge in [0.25, 0.3) is 0 Å². The first kappa shape index (κ1) is 14.8. The molecule has 0 aliphatic rings. The van der Waals surface area contributed by atoms with Crippen LogP contribution in [0, 0.1) is 0 Å². The SMILES string of the molecule is NS(=O)(=O)c1cc(C=O)c(CCc2ccco2)cc1Cl. The average molecular weight is 314 g/mol. The number of hydrogen-bond donors (Lipinski definition) is 1. The van der Waals surface area contributed by atoms with Crippen LogP contribution in [0.1, 0.15) is 21.7 Å². The van der Waals surface area contributed by atoms with Gasteiger partial charge in [0, 0.05) is 12.0 Å². The molecule has 2 rings (SSSR count). The van der Waals surface area contributed by atoms with Crippen molar-refractivity contribution in [2.45, 2.75) is 17.7 Å². The molecule has 2 aromatic rings. The van der Waals surface area contributed by atoms with E-state index in [0.717, 1.165) is 5.76 Å². The number of sulfonamides is 1. The van der Waals surface area contributed by atoms with Gasteiger partial charge in [-0.3, -0.25) is 4.79 Å². The van der Waals surface area contributed by atoms with Crippen LogP contribution in [0.15, 0.2) is 39.8 Å². The van der Waals surface area contributed by atoms with Gasteiger partial charge in [0.05, 0.1) is 11.3 Å². The van der Waals surface area contributed by atoms with Gasteiger partial charge >= 0.3 is 0 Å². The van der Waals surface area contributed by atoms with Gasteiger partial charge in [-0.15, -0.1) is 0 Å². The Hall–Kier alpha value is -1.63. The number of carbonyl (C=O) groups excluding carboxylic acids is 1. The van der Waals surface area contributed by atoms with Crippen molar-refractivity contribution in [2.24, 2.45) is 5.14 Å². The van der Waals surface area contributed by atoms with Crippen molar-refractivity contribution in [1.82, 2.24) is 0 Å². The number of aldehydes is 1. The van der Waals surface area contributed by atoms with E-state index in [1.54, 1.807) is 12.3 Å². The maximum atomic E-state index is 11.3. The number of carbonyl (C=O) groups is 1. The van der Waals surface area contributed by atoms with Gasteiger partial charge in [0.2, 0.25) is 10.0 Å². The quantitative estimate of drug-likeness (QED) is 0.856. The van der Waals surface area contributed by atoms with E-state index in [2.05, 4.69) is 0 Å². The Bertz CT molecular complexity index is 723. The second-order valence-corrected chi connectivity index (χ2v) is 6.16. The summed E-state index contributed by atoms with van der Waals surface area (Å²) >= 11 is 5.91. The van der Waals surface area contributed by atoms with Crippen LogP contribution in [0.5, 0.6) is 0 Å². The minimum atomic E-state index is -3.95. The van der Waals surface area contributed by atoms with Gasteiger partial charge in [-0.05, 0) is 36.2 Å². The molecule has 0 fully saturated rings. The van der Waals surface area contributed by atoms with E-state index in [4.69, 9.17) is 21.2 Å². The summed E-state index contributed by atoms with van der Waals surface area (Å²) in [5, 5.41) is 5.05. The maximum absolute atomic E-state index is 11.3. The maximum Gasteiger partial charge on any atom is 0.239 e. The number of benzene rings is 1. The topological polar surface area (TPSA) is 90.4 Å². The number of hydrogen-bond acceptors (Lipinski definition) is 4. The molecule has 0 spiro atoms. The molecule has 1 heterocycles. The molecule has 0 unspecified atom stereocenters. The third kappa shape index (κ3) is 3.27. The van der Waals surface area contributed by atoms with Gasteiger partial charge in [-0.1, -0.05) is 11.6 Å². The first-order chi connectivity index (χ1) is 9.41. The molecule has 0 atom stereocenters. The standard InChI is InChI=1S/C13H12ClNO4S/c14-12-6-9(3-4-11-2-1-5-19-11)10(8-16)7-13(12)20(15,17)18/h1-2,5-8H,3-4H2,(H2,15,17,18). The summed E-state index contributed by atoms with van der Waals surface area (Å²) < 4.78 is 27.9. The highest BCUT2D eigenvalue weighted by Crippen LogP contribution is 2.25. The van der Waals surface area contributed by atoms with Crippen molar-refractivity contribution in [3.8, 4) is 0 Å². The van der Waals surface area contributed by atoms with Gasteiger partial charge in [0.15, 0.2) is 0 Å². The highest BCUT2D eigenvalue weighted by Gasteiger charge is 2.16. The van der Waals surface area contributed by atoms with E-state index < -0.39 is 10.0 Å². The fourth-order valence-electron chi connectivity index (χ4n) is 1.87. The molecule has 0 bridgehead atoms. The zero-order chi connectivity index (χ0) is 14.8. The predicted molar refractivity (Wildman–Crippen MR) is 74.3 cm³/mol. The smallest absolute Gasteiger partial charge is 0.239 e. The molecule has 0 saturated carbocycles. The molecule has 1 aromatic carbocycles. The van der Waals surface area contributed by atoms with Crippen molar-refractivity contribution in [3.05, 3.63) is 52.4 Å². The van der Waals surface area contributed by atoms with Crippen LogP contribution in [-0.4, -0.2) is 14.7 Å². The van der Waals surface area contributed by atoms with Crippen molar-refractivity contribution in [2.75, 3.05) is 0 Å². The normalized spacial score (nSPS) is 11.5. The van der Waals surface area contributed by atoms with Crippen LogP contribution in [0.3, 0.4) is 0 Å². The van der Waals surface area contributed by atoms with Gasteiger partial charge in [-0.2, -0.15) is 0 Å². The third-order valence-corrected chi connectivity index (χ3v) is 4.22. The molecule has 7 heteroatoms. The summed E-state index contributed by atoms with van der Waals surface area (Å²) in [6.07, 6.45) is 3.24. The van der Waals surface area contributed by atoms with Crippen LogP contribution >= 0.6 is 11.6 Å². The van der Waals surface area contributed by atoms with Crippen LogP contribution in [-0.2, 0) is 22.9 Å².